The monoisotopic (exact) mass is 331 g/mol. The SMILES string of the molecule is CCC[C@H]1c2ccc(C)n2CCN1C(=O)Nc1ccc(Cl)cc1. The maximum Gasteiger partial charge on any atom is 0.322 e. The molecule has 2 aromatic rings. The predicted molar refractivity (Wildman–Crippen MR) is 94.0 cm³/mol. The number of aromatic nitrogens is 1. The number of nitrogens with zero attached hydrogens (tertiary/aromatic N) is 2. The summed E-state index contributed by atoms with van der Waals surface area (Å²) >= 11 is 5.89. The highest BCUT2D eigenvalue weighted by Crippen LogP contribution is 2.31. The Bertz CT molecular complexity index is 693. The molecule has 2 heterocycles. The van der Waals surface area contributed by atoms with Gasteiger partial charge in [0, 0.05) is 35.2 Å². The summed E-state index contributed by atoms with van der Waals surface area (Å²) in [5.41, 5.74) is 3.27. The van der Waals surface area contributed by atoms with Gasteiger partial charge in [-0.05, 0) is 49.7 Å². The molecule has 1 aromatic heterocycles. The number of nitrogens with one attached hydrogen (secondary N) is 1. The van der Waals surface area contributed by atoms with Crippen LogP contribution in [0.2, 0.25) is 5.02 Å². The van der Waals surface area contributed by atoms with Crippen LogP contribution in [0.4, 0.5) is 10.5 Å². The molecule has 5 heteroatoms. The van der Waals surface area contributed by atoms with Gasteiger partial charge in [0.25, 0.3) is 0 Å². The highest BCUT2D eigenvalue weighted by atomic mass is 35.5. The minimum absolute atomic E-state index is 0.0455. The van der Waals surface area contributed by atoms with Crippen molar-refractivity contribution in [3.05, 3.63) is 52.8 Å². The number of urea groups is 1. The number of hydrogen-bond acceptors (Lipinski definition) is 1. The van der Waals surface area contributed by atoms with Crippen molar-refractivity contribution in [2.24, 2.45) is 0 Å². The maximum absolute atomic E-state index is 12.7. The van der Waals surface area contributed by atoms with Gasteiger partial charge in [-0.15, -0.1) is 0 Å². The summed E-state index contributed by atoms with van der Waals surface area (Å²) in [6.45, 7) is 5.86. The molecule has 1 atom stereocenters. The quantitative estimate of drug-likeness (QED) is 0.858. The van der Waals surface area contributed by atoms with Crippen molar-refractivity contribution in [3.8, 4) is 0 Å². The largest absolute Gasteiger partial charge is 0.345 e. The second-order valence-electron chi connectivity index (χ2n) is 5.99. The van der Waals surface area contributed by atoms with Crippen molar-refractivity contribution in [3.63, 3.8) is 0 Å². The normalized spacial score (nSPS) is 17.0. The van der Waals surface area contributed by atoms with Gasteiger partial charge in [-0.2, -0.15) is 0 Å². The number of amides is 2. The van der Waals surface area contributed by atoms with Crippen LogP contribution in [-0.2, 0) is 6.54 Å². The first-order valence-electron chi connectivity index (χ1n) is 8.09. The fourth-order valence-electron chi connectivity index (χ4n) is 3.26. The number of benzene rings is 1. The molecule has 0 saturated heterocycles. The Labute approximate surface area is 142 Å². The van der Waals surface area contributed by atoms with Crippen molar-refractivity contribution in [1.82, 2.24) is 9.47 Å². The van der Waals surface area contributed by atoms with E-state index in [-0.39, 0.29) is 12.1 Å². The van der Waals surface area contributed by atoms with Gasteiger partial charge in [-0.3, -0.25) is 0 Å². The number of aryl methyl sites for hydroxylation is 1. The zero-order valence-electron chi connectivity index (χ0n) is 13.6. The molecule has 3 rings (SSSR count). The van der Waals surface area contributed by atoms with E-state index in [1.54, 1.807) is 12.1 Å². The van der Waals surface area contributed by atoms with Crippen molar-refractivity contribution >= 4 is 23.3 Å². The first-order valence-corrected chi connectivity index (χ1v) is 8.47. The molecule has 2 amide bonds. The summed E-state index contributed by atoms with van der Waals surface area (Å²) in [4.78, 5) is 14.7. The van der Waals surface area contributed by atoms with Gasteiger partial charge in [-0.25, -0.2) is 4.79 Å². The van der Waals surface area contributed by atoms with E-state index >= 15 is 0 Å². The molecule has 1 N–H and O–H groups in total. The van der Waals surface area contributed by atoms with Crippen LogP contribution in [0.25, 0.3) is 0 Å². The van der Waals surface area contributed by atoms with Crippen molar-refractivity contribution in [1.29, 1.82) is 0 Å². The molecule has 23 heavy (non-hydrogen) atoms. The molecule has 0 saturated carbocycles. The number of hydrogen-bond donors (Lipinski definition) is 1. The Kier molecular flexibility index (Phi) is 4.62. The minimum atomic E-state index is -0.0455. The fraction of sp³-hybridized carbons (Fsp3) is 0.389. The van der Waals surface area contributed by atoms with E-state index < -0.39 is 0 Å². The molecule has 0 spiro atoms. The lowest BCUT2D eigenvalue weighted by Gasteiger charge is -2.37. The summed E-state index contributed by atoms with van der Waals surface area (Å²) in [6, 6.07) is 11.6. The van der Waals surface area contributed by atoms with Gasteiger partial charge >= 0.3 is 6.03 Å². The first-order chi connectivity index (χ1) is 11.1. The third kappa shape index (κ3) is 3.22. The van der Waals surface area contributed by atoms with Gasteiger partial charge in [-0.1, -0.05) is 24.9 Å². The van der Waals surface area contributed by atoms with E-state index in [1.807, 2.05) is 17.0 Å². The van der Waals surface area contributed by atoms with Crippen molar-refractivity contribution in [2.75, 3.05) is 11.9 Å². The van der Waals surface area contributed by atoms with Gasteiger partial charge in [0.2, 0.25) is 0 Å². The molecular weight excluding hydrogens is 310 g/mol. The number of rotatable bonds is 3. The average molecular weight is 332 g/mol. The zero-order chi connectivity index (χ0) is 16.4. The van der Waals surface area contributed by atoms with Crippen LogP contribution < -0.4 is 5.32 Å². The predicted octanol–water partition coefficient (Wildman–Crippen LogP) is 4.84. The summed E-state index contributed by atoms with van der Waals surface area (Å²) in [5.74, 6) is 0. The average Bonchev–Trinajstić information content (AvgIpc) is 2.92. The van der Waals surface area contributed by atoms with Crippen LogP contribution in [0.5, 0.6) is 0 Å². The van der Waals surface area contributed by atoms with Gasteiger partial charge in [0.05, 0.1) is 6.04 Å². The smallest absolute Gasteiger partial charge is 0.322 e. The molecule has 0 fully saturated rings. The molecule has 1 aromatic carbocycles. The number of fused-ring (bicyclic) bond motifs is 1. The Morgan fingerprint density at radius 3 is 2.65 bits per heavy atom. The topological polar surface area (TPSA) is 37.3 Å². The van der Waals surface area contributed by atoms with Crippen LogP contribution in [0.1, 0.15) is 37.2 Å². The third-order valence-electron chi connectivity index (χ3n) is 4.43. The lowest BCUT2D eigenvalue weighted by atomic mass is 10.0. The summed E-state index contributed by atoms with van der Waals surface area (Å²) in [5, 5.41) is 3.65. The molecule has 0 unspecified atom stereocenters. The highest BCUT2D eigenvalue weighted by Gasteiger charge is 2.30. The molecule has 0 aliphatic carbocycles. The summed E-state index contributed by atoms with van der Waals surface area (Å²) in [7, 11) is 0. The number of halogens is 1. The number of anilines is 1. The van der Waals surface area contributed by atoms with Gasteiger partial charge < -0.3 is 14.8 Å². The fourth-order valence-corrected chi connectivity index (χ4v) is 3.38. The van der Waals surface area contributed by atoms with E-state index in [0.717, 1.165) is 31.6 Å². The lowest BCUT2D eigenvalue weighted by Crippen LogP contribution is -2.44. The second kappa shape index (κ2) is 6.67. The van der Waals surface area contributed by atoms with Crippen LogP contribution in [-0.4, -0.2) is 22.0 Å². The van der Waals surface area contributed by atoms with E-state index in [1.165, 1.54) is 11.4 Å². The molecule has 1 aliphatic heterocycles. The maximum atomic E-state index is 12.7. The molecule has 0 bridgehead atoms. The molecule has 122 valence electrons. The zero-order valence-corrected chi connectivity index (χ0v) is 14.3. The van der Waals surface area contributed by atoms with Crippen molar-refractivity contribution < 1.29 is 4.79 Å². The van der Waals surface area contributed by atoms with E-state index in [4.69, 9.17) is 11.6 Å². The third-order valence-corrected chi connectivity index (χ3v) is 4.69. The molecule has 4 nitrogen and oxygen atoms in total. The minimum Gasteiger partial charge on any atom is -0.345 e. The van der Waals surface area contributed by atoms with E-state index in [0.29, 0.717) is 5.02 Å². The van der Waals surface area contributed by atoms with Gasteiger partial charge in [0.15, 0.2) is 0 Å². The lowest BCUT2D eigenvalue weighted by molar-refractivity contribution is 0.162. The van der Waals surface area contributed by atoms with Gasteiger partial charge in [0.1, 0.15) is 0 Å². The van der Waals surface area contributed by atoms with Crippen molar-refractivity contribution in [2.45, 2.75) is 39.3 Å². The Morgan fingerprint density at radius 2 is 1.96 bits per heavy atom. The van der Waals surface area contributed by atoms with E-state index in [2.05, 4.69) is 35.9 Å². The first kappa shape index (κ1) is 15.9. The molecule has 1 aliphatic rings. The number of carbonyl (C=O) groups excluding carboxylic acids is 1. The highest BCUT2D eigenvalue weighted by molar-refractivity contribution is 6.30. The second-order valence-corrected chi connectivity index (χ2v) is 6.42. The molecule has 0 radical (unpaired) electrons. The van der Waals surface area contributed by atoms with Crippen LogP contribution in [0.3, 0.4) is 0 Å². The number of carbonyl (C=O) groups is 1. The Hall–Kier alpha value is -1.94. The van der Waals surface area contributed by atoms with Crippen LogP contribution in [0.15, 0.2) is 36.4 Å². The summed E-state index contributed by atoms with van der Waals surface area (Å²) < 4.78 is 2.33. The molecular formula is C18H22ClN3O. The summed E-state index contributed by atoms with van der Waals surface area (Å²) in [6.07, 6.45) is 2.01. The van der Waals surface area contributed by atoms with E-state index in [9.17, 15) is 4.79 Å². The Balaban J connectivity index is 1.80. The van der Waals surface area contributed by atoms with Crippen LogP contribution in [0, 0.1) is 6.92 Å². The van der Waals surface area contributed by atoms with Crippen LogP contribution >= 0.6 is 11.6 Å². The Morgan fingerprint density at radius 1 is 1.22 bits per heavy atom. The standard InChI is InChI=1S/C18H22ClN3O/c1-3-4-16-17-10-5-13(2)21(17)11-12-22(16)18(23)20-15-8-6-14(19)7-9-15/h5-10,16H,3-4,11-12H2,1-2H3,(H,20,23)/t16-/m0/s1.